The Bertz CT molecular complexity index is 389. The van der Waals surface area contributed by atoms with Crippen LogP contribution in [0, 0.1) is 0 Å². The van der Waals surface area contributed by atoms with E-state index in [0.717, 1.165) is 5.69 Å². The third kappa shape index (κ3) is 1.30. The maximum atomic E-state index is 4.31. The number of fused-ring (bicyclic) bond motifs is 1. The molecule has 0 amide bonds. The number of hydrogen-bond acceptors (Lipinski definition) is 2. The summed E-state index contributed by atoms with van der Waals surface area (Å²) in [5, 5.41) is 4.13. The first-order valence-electron chi connectivity index (χ1n) is 4.45. The fourth-order valence-corrected chi connectivity index (χ4v) is 1.50. The standard InChI is InChI=1S/C10H13N3/c1-7(2)8-4-11-10-5-12-13(3)6-9(8)10/h4-7H,1-3H3. The van der Waals surface area contributed by atoms with Gasteiger partial charge in [0.1, 0.15) is 0 Å². The summed E-state index contributed by atoms with van der Waals surface area (Å²) in [6, 6.07) is 0. The summed E-state index contributed by atoms with van der Waals surface area (Å²) in [6.45, 7) is 4.35. The summed E-state index contributed by atoms with van der Waals surface area (Å²) in [5.41, 5.74) is 3.50. The zero-order valence-electron chi connectivity index (χ0n) is 8.15. The molecule has 0 spiro atoms. The molecule has 0 aromatic carbocycles. The van der Waals surface area contributed by atoms with Crippen LogP contribution >= 0.6 is 0 Å². The first-order chi connectivity index (χ1) is 6.18. The molecule has 0 aliphatic carbocycles. The van der Waals surface area contributed by atoms with E-state index in [1.165, 1.54) is 11.1 Å². The normalized spacial score (nSPS) is 11.4. The molecule has 0 bridgehead atoms. The highest BCUT2D eigenvalue weighted by atomic mass is 15.2. The predicted octanol–water partition coefficient (Wildman–Crippen LogP) is 2.04. The van der Waals surface area contributed by atoms with Crippen LogP contribution in [0.5, 0.6) is 0 Å². The van der Waals surface area contributed by atoms with Crippen LogP contribution in [0.25, 0.3) is 11.3 Å². The van der Waals surface area contributed by atoms with E-state index in [9.17, 15) is 0 Å². The highest BCUT2D eigenvalue weighted by Gasteiger charge is 2.13. The molecule has 2 aliphatic heterocycles. The molecular formula is C10H13N3. The van der Waals surface area contributed by atoms with Crippen molar-refractivity contribution >= 4 is 0 Å². The largest absolute Gasteiger partial charge is 0.275 e. The van der Waals surface area contributed by atoms with Crippen molar-refractivity contribution in [2.75, 3.05) is 0 Å². The smallest absolute Gasteiger partial charge is 0.0921 e. The summed E-state index contributed by atoms with van der Waals surface area (Å²) >= 11 is 0. The Labute approximate surface area is 77.8 Å². The second-order valence-corrected chi connectivity index (χ2v) is 3.61. The number of aromatic nitrogens is 3. The molecule has 68 valence electrons. The van der Waals surface area contributed by atoms with Gasteiger partial charge in [-0.2, -0.15) is 5.10 Å². The van der Waals surface area contributed by atoms with Gasteiger partial charge >= 0.3 is 0 Å². The summed E-state index contributed by atoms with van der Waals surface area (Å²) in [6.07, 6.45) is 5.77. The van der Waals surface area contributed by atoms with Gasteiger partial charge in [0.15, 0.2) is 0 Å². The lowest BCUT2D eigenvalue weighted by atomic mass is 10.0. The average Bonchev–Trinajstić information content (AvgIpc) is 2.46. The van der Waals surface area contributed by atoms with Crippen LogP contribution in [0.3, 0.4) is 0 Å². The van der Waals surface area contributed by atoms with Crippen molar-refractivity contribution in [1.82, 2.24) is 14.8 Å². The van der Waals surface area contributed by atoms with E-state index in [4.69, 9.17) is 0 Å². The second kappa shape index (κ2) is 2.83. The maximum absolute atomic E-state index is 4.31. The van der Waals surface area contributed by atoms with Crippen LogP contribution in [0.1, 0.15) is 25.3 Å². The van der Waals surface area contributed by atoms with Crippen molar-refractivity contribution in [1.29, 1.82) is 0 Å². The van der Waals surface area contributed by atoms with Gasteiger partial charge in [-0.3, -0.25) is 9.67 Å². The highest BCUT2D eigenvalue weighted by molar-refractivity contribution is 5.64. The maximum Gasteiger partial charge on any atom is 0.0921 e. The number of hydrogen-bond donors (Lipinski definition) is 0. The summed E-state index contributed by atoms with van der Waals surface area (Å²) in [7, 11) is 1.93. The molecule has 13 heavy (non-hydrogen) atoms. The van der Waals surface area contributed by atoms with Crippen molar-refractivity contribution in [3.05, 3.63) is 24.2 Å². The molecule has 2 aliphatic rings. The lowest BCUT2D eigenvalue weighted by Crippen LogP contribution is -1.98. The Morgan fingerprint density at radius 3 is 2.77 bits per heavy atom. The van der Waals surface area contributed by atoms with Gasteiger partial charge in [0.05, 0.1) is 11.9 Å². The Balaban J connectivity index is 2.63. The molecule has 2 heterocycles. The summed E-state index contributed by atoms with van der Waals surface area (Å²) in [5.74, 6) is 0.521. The molecule has 0 unspecified atom stereocenters. The van der Waals surface area contributed by atoms with Crippen LogP contribution in [-0.4, -0.2) is 14.8 Å². The molecule has 0 saturated heterocycles. The molecule has 3 nitrogen and oxygen atoms in total. The fourth-order valence-electron chi connectivity index (χ4n) is 1.50. The Morgan fingerprint density at radius 2 is 2.08 bits per heavy atom. The van der Waals surface area contributed by atoms with Crippen LogP contribution in [0.15, 0.2) is 18.6 Å². The van der Waals surface area contributed by atoms with Gasteiger partial charge in [-0.05, 0) is 11.5 Å². The summed E-state index contributed by atoms with van der Waals surface area (Å²) in [4.78, 5) is 4.31. The van der Waals surface area contributed by atoms with Gasteiger partial charge in [-0.1, -0.05) is 13.8 Å². The first kappa shape index (κ1) is 8.23. The minimum atomic E-state index is 0.521. The molecule has 3 heteroatoms. The molecular weight excluding hydrogens is 162 g/mol. The third-order valence-electron chi connectivity index (χ3n) is 2.23. The van der Waals surface area contributed by atoms with E-state index in [1.54, 1.807) is 6.20 Å². The van der Waals surface area contributed by atoms with Crippen molar-refractivity contribution < 1.29 is 0 Å². The lowest BCUT2D eigenvalue weighted by Gasteiger charge is -2.06. The lowest BCUT2D eigenvalue weighted by molar-refractivity contribution is 0.736. The second-order valence-electron chi connectivity index (χ2n) is 3.61. The van der Waals surface area contributed by atoms with Crippen LogP contribution in [0.2, 0.25) is 0 Å². The van der Waals surface area contributed by atoms with Crippen molar-refractivity contribution in [3.63, 3.8) is 0 Å². The van der Waals surface area contributed by atoms with Gasteiger partial charge in [-0.15, -0.1) is 0 Å². The molecule has 0 aromatic heterocycles. The van der Waals surface area contributed by atoms with Crippen LogP contribution < -0.4 is 0 Å². The molecule has 0 saturated carbocycles. The predicted molar refractivity (Wildman–Crippen MR) is 51.7 cm³/mol. The average molecular weight is 175 g/mol. The van der Waals surface area contributed by atoms with Crippen molar-refractivity contribution in [2.45, 2.75) is 19.8 Å². The molecule has 0 fully saturated rings. The number of aryl methyl sites for hydroxylation is 1. The molecule has 2 rings (SSSR count). The Kier molecular flexibility index (Phi) is 1.79. The van der Waals surface area contributed by atoms with E-state index < -0.39 is 0 Å². The van der Waals surface area contributed by atoms with Crippen molar-refractivity contribution in [2.24, 2.45) is 7.05 Å². The minimum Gasteiger partial charge on any atom is -0.275 e. The van der Waals surface area contributed by atoms with E-state index >= 15 is 0 Å². The monoisotopic (exact) mass is 175 g/mol. The Morgan fingerprint density at radius 1 is 1.31 bits per heavy atom. The molecule has 0 N–H and O–H groups in total. The topological polar surface area (TPSA) is 30.7 Å². The first-order valence-corrected chi connectivity index (χ1v) is 4.45. The van der Waals surface area contributed by atoms with Gasteiger partial charge in [0, 0.05) is 25.0 Å². The molecule has 0 aromatic rings. The van der Waals surface area contributed by atoms with E-state index in [2.05, 4.69) is 23.9 Å². The quantitative estimate of drug-likeness (QED) is 0.664. The SMILES string of the molecule is CC(C)c1cnc2cnn(C)cc1-2. The molecule has 0 radical (unpaired) electrons. The van der Waals surface area contributed by atoms with Gasteiger partial charge in [0.2, 0.25) is 0 Å². The van der Waals surface area contributed by atoms with Crippen LogP contribution in [-0.2, 0) is 7.05 Å². The highest BCUT2D eigenvalue weighted by Crippen LogP contribution is 2.28. The molecule has 0 atom stereocenters. The Hall–Kier alpha value is -1.38. The summed E-state index contributed by atoms with van der Waals surface area (Å²) < 4.78 is 1.82. The fraction of sp³-hybridized carbons (Fsp3) is 0.400. The van der Waals surface area contributed by atoms with Gasteiger partial charge < -0.3 is 0 Å². The van der Waals surface area contributed by atoms with E-state index in [1.807, 2.05) is 24.1 Å². The zero-order valence-corrected chi connectivity index (χ0v) is 8.15. The number of rotatable bonds is 1. The van der Waals surface area contributed by atoms with Crippen molar-refractivity contribution in [3.8, 4) is 11.3 Å². The van der Waals surface area contributed by atoms with Crippen LogP contribution in [0.4, 0.5) is 0 Å². The van der Waals surface area contributed by atoms with Gasteiger partial charge in [-0.25, -0.2) is 0 Å². The van der Waals surface area contributed by atoms with E-state index in [-0.39, 0.29) is 0 Å². The zero-order chi connectivity index (χ0) is 9.42. The van der Waals surface area contributed by atoms with E-state index in [0.29, 0.717) is 5.92 Å². The third-order valence-corrected chi connectivity index (χ3v) is 2.23. The van der Waals surface area contributed by atoms with Gasteiger partial charge in [0.25, 0.3) is 0 Å². The minimum absolute atomic E-state index is 0.521. The number of nitrogens with zero attached hydrogens (tertiary/aromatic N) is 3.